The Bertz CT molecular complexity index is 844. The van der Waals surface area contributed by atoms with Crippen molar-refractivity contribution in [3.63, 3.8) is 0 Å². The van der Waals surface area contributed by atoms with Gasteiger partial charge in [-0.2, -0.15) is 0 Å². The van der Waals surface area contributed by atoms with Crippen molar-refractivity contribution in [1.29, 1.82) is 0 Å². The average Bonchev–Trinajstić information content (AvgIpc) is 2.78. The fourth-order valence-electron chi connectivity index (χ4n) is 3.27. The molecule has 7 nitrogen and oxygen atoms in total. The van der Waals surface area contributed by atoms with Gasteiger partial charge in [0.1, 0.15) is 5.75 Å². The van der Waals surface area contributed by atoms with Crippen LogP contribution in [0, 0.1) is 5.92 Å². The lowest BCUT2D eigenvalue weighted by molar-refractivity contribution is -0.133. The molecule has 2 aromatic rings. The van der Waals surface area contributed by atoms with Crippen molar-refractivity contribution in [3.8, 4) is 5.75 Å². The van der Waals surface area contributed by atoms with Crippen LogP contribution in [-0.2, 0) is 9.59 Å². The highest BCUT2D eigenvalue weighted by Crippen LogP contribution is 2.21. The molecule has 0 bridgehead atoms. The third-order valence-electron chi connectivity index (χ3n) is 5.01. The molecule has 29 heavy (non-hydrogen) atoms. The van der Waals surface area contributed by atoms with Crippen LogP contribution in [0.3, 0.4) is 0 Å². The Morgan fingerprint density at radius 1 is 1.00 bits per heavy atom. The topological polar surface area (TPSA) is 87.7 Å². The summed E-state index contributed by atoms with van der Waals surface area (Å²) in [6.45, 7) is 0.956. The van der Waals surface area contributed by atoms with Crippen molar-refractivity contribution < 1.29 is 19.1 Å². The number of ether oxygens (including phenoxy) is 1. The summed E-state index contributed by atoms with van der Waals surface area (Å²) in [7, 11) is 1.59. The molecule has 0 atom stereocenters. The molecule has 2 aromatic carbocycles. The molecular weight excluding hydrogens is 370 g/mol. The van der Waals surface area contributed by atoms with Crippen LogP contribution < -0.4 is 15.4 Å². The maximum atomic E-state index is 12.5. The van der Waals surface area contributed by atoms with E-state index in [1.807, 2.05) is 6.07 Å². The van der Waals surface area contributed by atoms with Gasteiger partial charge in [-0.05, 0) is 49.2 Å². The second kappa shape index (κ2) is 9.73. The first-order valence-corrected chi connectivity index (χ1v) is 9.63. The van der Waals surface area contributed by atoms with E-state index in [9.17, 15) is 14.4 Å². The summed E-state index contributed by atoms with van der Waals surface area (Å²) in [6, 6.07) is 16.0. The lowest BCUT2D eigenvalue weighted by Gasteiger charge is -2.31. The second-order valence-electron chi connectivity index (χ2n) is 6.92. The van der Waals surface area contributed by atoms with Crippen LogP contribution in [0.25, 0.3) is 0 Å². The molecule has 0 spiro atoms. The van der Waals surface area contributed by atoms with E-state index in [0.717, 1.165) is 11.4 Å². The molecule has 2 N–H and O–H groups in total. The van der Waals surface area contributed by atoms with Crippen molar-refractivity contribution in [2.24, 2.45) is 5.92 Å². The summed E-state index contributed by atoms with van der Waals surface area (Å²) >= 11 is 0. The van der Waals surface area contributed by atoms with Gasteiger partial charge in [0.2, 0.25) is 11.8 Å². The molecule has 0 unspecified atom stereocenters. The van der Waals surface area contributed by atoms with Gasteiger partial charge in [0, 0.05) is 30.3 Å². The lowest BCUT2D eigenvalue weighted by atomic mass is 9.95. The molecule has 152 valence electrons. The Morgan fingerprint density at radius 3 is 2.28 bits per heavy atom. The number of nitrogens with zero attached hydrogens (tertiary/aromatic N) is 1. The molecule has 1 heterocycles. The summed E-state index contributed by atoms with van der Waals surface area (Å²) in [6.07, 6.45) is 1.20. The van der Waals surface area contributed by atoms with Crippen molar-refractivity contribution in [2.75, 3.05) is 32.1 Å². The zero-order chi connectivity index (χ0) is 20.6. The van der Waals surface area contributed by atoms with Gasteiger partial charge in [0.15, 0.2) is 0 Å². The third-order valence-corrected chi connectivity index (χ3v) is 5.01. The van der Waals surface area contributed by atoms with Gasteiger partial charge >= 0.3 is 0 Å². The SMILES string of the molecule is COc1ccc(NC(=O)C2CCN(C(=O)CNC(=O)c3ccccc3)CC2)cc1. The van der Waals surface area contributed by atoms with Crippen LogP contribution in [0.5, 0.6) is 5.75 Å². The number of piperidine rings is 1. The number of methoxy groups -OCH3 is 1. The number of carbonyl (C=O) groups is 3. The largest absolute Gasteiger partial charge is 0.497 e. The molecule has 1 saturated heterocycles. The predicted octanol–water partition coefficient (Wildman–Crippen LogP) is 2.30. The van der Waals surface area contributed by atoms with Crippen molar-refractivity contribution in [1.82, 2.24) is 10.2 Å². The molecule has 1 fully saturated rings. The summed E-state index contributed by atoms with van der Waals surface area (Å²) in [5.74, 6) is 0.143. The summed E-state index contributed by atoms with van der Waals surface area (Å²) in [5, 5.41) is 5.56. The smallest absolute Gasteiger partial charge is 0.251 e. The monoisotopic (exact) mass is 395 g/mol. The van der Waals surface area contributed by atoms with E-state index in [4.69, 9.17) is 4.74 Å². The van der Waals surface area contributed by atoms with E-state index in [-0.39, 0.29) is 30.2 Å². The predicted molar refractivity (Wildman–Crippen MR) is 110 cm³/mol. The molecule has 3 amide bonds. The molecule has 3 rings (SSSR count). The number of hydrogen-bond donors (Lipinski definition) is 2. The van der Waals surface area contributed by atoms with E-state index in [2.05, 4.69) is 10.6 Å². The third kappa shape index (κ3) is 5.57. The minimum atomic E-state index is -0.271. The minimum Gasteiger partial charge on any atom is -0.497 e. The summed E-state index contributed by atoms with van der Waals surface area (Å²) in [4.78, 5) is 38.6. The molecule has 0 aromatic heterocycles. The molecular formula is C22H25N3O4. The number of hydrogen-bond acceptors (Lipinski definition) is 4. The highest BCUT2D eigenvalue weighted by atomic mass is 16.5. The second-order valence-corrected chi connectivity index (χ2v) is 6.92. The maximum absolute atomic E-state index is 12.5. The lowest BCUT2D eigenvalue weighted by Crippen LogP contribution is -2.45. The highest BCUT2D eigenvalue weighted by Gasteiger charge is 2.27. The van der Waals surface area contributed by atoms with E-state index in [1.54, 1.807) is 60.5 Å². The normalized spacial score (nSPS) is 14.2. The first-order valence-electron chi connectivity index (χ1n) is 9.63. The number of amides is 3. The van der Waals surface area contributed by atoms with Crippen LogP contribution in [0.2, 0.25) is 0 Å². The van der Waals surface area contributed by atoms with E-state index in [1.165, 1.54) is 0 Å². The standard InChI is InChI=1S/C22H25N3O4/c1-29-19-9-7-18(8-10-19)24-22(28)17-11-13-25(14-12-17)20(26)15-23-21(27)16-5-3-2-4-6-16/h2-10,17H,11-15H2,1H3,(H,23,27)(H,24,28). The number of likely N-dealkylation sites (tertiary alicyclic amines) is 1. The first-order chi connectivity index (χ1) is 14.1. The zero-order valence-corrected chi connectivity index (χ0v) is 16.4. The van der Waals surface area contributed by atoms with Crippen LogP contribution in [0.4, 0.5) is 5.69 Å². The number of carbonyl (C=O) groups excluding carboxylic acids is 3. The minimum absolute atomic E-state index is 0.0420. The van der Waals surface area contributed by atoms with Gasteiger partial charge in [0.05, 0.1) is 13.7 Å². The molecule has 1 aliphatic rings. The number of rotatable bonds is 6. The Morgan fingerprint density at radius 2 is 1.66 bits per heavy atom. The summed E-state index contributed by atoms with van der Waals surface area (Å²) in [5.41, 5.74) is 1.24. The van der Waals surface area contributed by atoms with Gasteiger partial charge in [-0.1, -0.05) is 18.2 Å². The first kappa shape index (κ1) is 20.4. The number of anilines is 1. The Balaban J connectivity index is 1.42. The van der Waals surface area contributed by atoms with Crippen LogP contribution in [0.1, 0.15) is 23.2 Å². The average molecular weight is 395 g/mol. The van der Waals surface area contributed by atoms with Crippen molar-refractivity contribution in [3.05, 3.63) is 60.2 Å². The summed E-state index contributed by atoms with van der Waals surface area (Å²) < 4.78 is 5.11. The van der Waals surface area contributed by atoms with Crippen LogP contribution >= 0.6 is 0 Å². The maximum Gasteiger partial charge on any atom is 0.251 e. The van der Waals surface area contributed by atoms with Gasteiger partial charge in [0.25, 0.3) is 5.91 Å². The number of nitrogens with one attached hydrogen (secondary N) is 2. The van der Waals surface area contributed by atoms with E-state index in [0.29, 0.717) is 31.5 Å². The van der Waals surface area contributed by atoms with E-state index < -0.39 is 0 Å². The Kier molecular flexibility index (Phi) is 6.84. The quantitative estimate of drug-likeness (QED) is 0.786. The van der Waals surface area contributed by atoms with Gasteiger partial charge in [-0.3, -0.25) is 14.4 Å². The molecule has 1 aliphatic heterocycles. The fourth-order valence-corrected chi connectivity index (χ4v) is 3.27. The van der Waals surface area contributed by atoms with Gasteiger partial charge < -0.3 is 20.3 Å². The van der Waals surface area contributed by atoms with Crippen molar-refractivity contribution in [2.45, 2.75) is 12.8 Å². The van der Waals surface area contributed by atoms with Crippen LogP contribution in [-0.4, -0.2) is 49.4 Å². The highest BCUT2D eigenvalue weighted by molar-refractivity contribution is 5.96. The van der Waals surface area contributed by atoms with Gasteiger partial charge in [-0.25, -0.2) is 0 Å². The van der Waals surface area contributed by atoms with Crippen molar-refractivity contribution >= 4 is 23.4 Å². The van der Waals surface area contributed by atoms with E-state index >= 15 is 0 Å². The fraction of sp³-hybridized carbons (Fsp3) is 0.318. The zero-order valence-electron chi connectivity index (χ0n) is 16.4. The van der Waals surface area contributed by atoms with Crippen LogP contribution in [0.15, 0.2) is 54.6 Å². The molecule has 0 saturated carbocycles. The Hall–Kier alpha value is -3.35. The molecule has 0 radical (unpaired) electrons. The number of benzene rings is 2. The van der Waals surface area contributed by atoms with Gasteiger partial charge in [-0.15, -0.1) is 0 Å². The molecule has 0 aliphatic carbocycles. The Labute approximate surface area is 170 Å². The molecule has 7 heteroatoms.